The van der Waals surface area contributed by atoms with Crippen molar-refractivity contribution in [1.29, 1.82) is 0 Å². The van der Waals surface area contributed by atoms with Crippen molar-refractivity contribution in [3.05, 3.63) is 28.8 Å². The highest BCUT2D eigenvalue weighted by Gasteiger charge is 2.25. The largest absolute Gasteiger partial charge is 0.507 e. The number of phenolic OH excluding ortho intramolecular Hbond substituents is 1. The molecule has 0 heterocycles. The van der Waals surface area contributed by atoms with Crippen LogP contribution in [0.5, 0.6) is 5.75 Å². The normalized spacial score (nSPS) is 18.6. The maximum Gasteiger partial charge on any atom is 0.121 e. The van der Waals surface area contributed by atoms with Gasteiger partial charge in [0.15, 0.2) is 0 Å². The summed E-state index contributed by atoms with van der Waals surface area (Å²) in [6, 6.07) is 4.19. The van der Waals surface area contributed by atoms with Gasteiger partial charge in [0, 0.05) is 6.04 Å². The van der Waals surface area contributed by atoms with Crippen LogP contribution < -0.4 is 5.73 Å². The number of benzene rings is 1. The van der Waals surface area contributed by atoms with Gasteiger partial charge in [0.05, 0.1) is 0 Å². The lowest BCUT2D eigenvalue weighted by atomic mass is 9.77. The van der Waals surface area contributed by atoms with Crippen LogP contribution >= 0.6 is 0 Å². The standard InChI is InChI=1S/C13H19NO/c1-8-6-11(7-9(2)13(8)15)12(14)10-4-3-5-10/h6-7,10,12,15H,3-5,14H2,1-2H3/t12-/m0/s1. The fourth-order valence-electron chi connectivity index (χ4n) is 2.25. The van der Waals surface area contributed by atoms with Gasteiger partial charge in [-0.2, -0.15) is 0 Å². The molecule has 1 aliphatic carbocycles. The average molecular weight is 205 g/mol. The molecule has 1 aliphatic rings. The summed E-state index contributed by atoms with van der Waals surface area (Å²) in [6.07, 6.45) is 3.81. The van der Waals surface area contributed by atoms with Crippen LogP contribution in [0.25, 0.3) is 0 Å². The van der Waals surface area contributed by atoms with Crippen molar-refractivity contribution >= 4 is 0 Å². The molecule has 1 aromatic rings. The van der Waals surface area contributed by atoms with Crippen LogP contribution in [0.15, 0.2) is 12.1 Å². The molecular formula is C13H19NO. The first kappa shape index (κ1) is 10.5. The summed E-state index contributed by atoms with van der Waals surface area (Å²) in [7, 11) is 0. The van der Waals surface area contributed by atoms with Gasteiger partial charge in [0.2, 0.25) is 0 Å². The zero-order valence-corrected chi connectivity index (χ0v) is 9.46. The summed E-state index contributed by atoms with van der Waals surface area (Å²) in [6.45, 7) is 3.86. The van der Waals surface area contributed by atoms with Gasteiger partial charge in [-0.05, 0) is 49.3 Å². The second-order valence-corrected chi connectivity index (χ2v) is 4.72. The summed E-state index contributed by atoms with van der Waals surface area (Å²) in [5, 5.41) is 9.68. The third kappa shape index (κ3) is 1.86. The van der Waals surface area contributed by atoms with Gasteiger partial charge >= 0.3 is 0 Å². The molecule has 82 valence electrons. The molecule has 0 radical (unpaired) electrons. The Bertz CT molecular complexity index is 346. The molecule has 0 unspecified atom stereocenters. The van der Waals surface area contributed by atoms with E-state index in [1.165, 1.54) is 24.8 Å². The van der Waals surface area contributed by atoms with E-state index in [-0.39, 0.29) is 6.04 Å². The highest BCUT2D eigenvalue weighted by atomic mass is 16.3. The van der Waals surface area contributed by atoms with Crippen molar-refractivity contribution in [2.24, 2.45) is 11.7 Å². The molecule has 0 aliphatic heterocycles. The zero-order valence-electron chi connectivity index (χ0n) is 9.46. The number of aryl methyl sites for hydroxylation is 2. The van der Waals surface area contributed by atoms with Crippen molar-refractivity contribution in [2.75, 3.05) is 0 Å². The molecule has 15 heavy (non-hydrogen) atoms. The number of nitrogens with two attached hydrogens (primary N) is 1. The molecular weight excluding hydrogens is 186 g/mol. The first-order chi connectivity index (χ1) is 7.09. The predicted octanol–water partition coefficient (Wildman–Crippen LogP) is 2.81. The summed E-state index contributed by atoms with van der Waals surface area (Å²) < 4.78 is 0. The smallest absolute Gasteiger partial charge is 0.121 e. The maximum absolute atomic E-state index is 9.68. The molecule has 1 fully saturated rings. The van der Waals surface area contributed by atoms with Crippen LogP contribution in [0.3, 0.4) is 0 Å². The first-order valence-electron chi connectivity index (χ1n) is 5.65. The third-order valence-corrected chi connectivity index (χ3v) is 3.56. The second-order valence-electron chi connectivity index (χ2n) is 4.72. The van der Waals surface area contributed by atoms with Crippen LogP contribution in [-0.2, 0) is 0 Å². The van der Waals surface area contributed by atoms with Crippen LogP contribution in [0.4, 0.5) is 0 Å². The van der Waals surface area contributed by atoms with Crippen LogP contribution in [-0.4, -0.2) is 5.11 Å². The van der Waals surface area contributed by atoms with Gasteiger partial charge in [-0.25, -0.2) is 0 Å². The van der Waals surface area contributed by atoms with Crippen LogP contribution in [0.1, 0.15) is 42.0 Å². The lowest BCUT2D eigenvalue weighted by molar-refractivity contribution is 0.264. The molecule has 2 nitrogen and oxygen atoms in total. The van der Waals surface area contributed by atoms with E-state index in [0.29, 0.717) is 11.7 Å². The van der Waals surface area contributed by atoms with Crippen LogP contribution in [0, 0.1) is 19.8 Å². The molecule has 0 spiro atoms. The minimum absolute atomic E-state index is 0.150. The molecule has 1 aromatic carbocycles. The molecule has 0 aromatic heterocycles. The average Bonchev–Trinajstić information content (AvgIpc) is 2.10. The van der Waals surface area contributed by atoms with Crippen molar-refractivity contribution in [3.8, 4) is 5.75 Å². The monoisotopic (exact) mass is 205 g/mol. The van der Waals surface area contributed by atoms with E-state index >= 15 is 0 Å². The van der Waals surface area contributed by atoms with Crippen molar-refractivity contribution < 1.29 is 5.11 Å². The summed E-state index contributed by atoms with van der Waals surface area (Å²) in [4.78, 5) is 0. The molecule has 0 bridgehead atoms. The Morgan fingerprint density at radius 1 is 1.27 bits per heavy atom. The summed E-state index contributed by atoms with van der Waals surface area (Å²) >= 11 is 0. The Kier molecular flexibility index (Phi) is 2.70. The Hall–Kier alpha value is -1.02. The molecule has 2 heteroatoms. The molecule has 0 saturated heterocycles. The number of hydrogen-bond donors (Lipinski definition) is 2. The SMILES string of the molecule is Cc1cc([C@@H](N)C2CCC2)cc(C)c1O. The highest BCUT2D eigenvalue weighted by Crippen LogP contribution is 2.37. The van der Waals surface area contributed by atoms with E-state index in [9.17, 15) is 5.11 Å². The number of rotatable bonds is 2. The van der Waals surface area contributed by atoms with Crippen molar-refractivity contribution in [3.63, 3.8) is 0 Å². The van der Waals surface area contributed by atoms with Crippen LogP contribution in [0.2, 0.25) is 0 Å². The maximum atomic E-state index is 9.68. The highest BCUT2D eigenvalue weighted by molar-refractivity contribution is 5.43. The lowest BCUT2D eigenvalue weighted by Crippen LogP contribution is -2.26. The quantitative estimate of drug-likeness (QED) is 0.779. The van der Waals surface area contributed by atoms with E-state index in [2.05, 4.69) is 0 Å². The van der Waals surface area contributed by atoms with E-state index in [4.69, 9.17) is 5.73 Å². The van der Waals surface area contributed by atoms with Gasteiger partial charge in [0.1, 0.15) is 5.75 Å². The van der Waals surface area contributed by atoms with E-state index in [0.717, 1.165) is 11.1 Å². The van der Waals surface area contributed by atoms with Gasteiger partial charge in [-0.1, -0.05) is 18.6 Å². The van der Waals surface area contributed by atoms with E-state index < -0.39 is 0 Å². The predicted molar refractivity (Wildman–Crippen MR) is 61.9 cm³/mol. The second kappa shape index (κ2) is 3.86. The van der Waals surface area contributed by atoms with Gasteiger partial charge in [-0.3, -0.25) is 0 Å². The number of phenols is 1. The fourth-order valence-corrected chi connectivity index (χ4v) is 2.25. The summed E-state index contributed by atoms with van der Waals surface area (Å²) in [5.41, 5.74) is 9.24. The molecule has 2 rings (SSSR count). The van der Waals surface area contributed by atoms with Crippen molar-refractivity contribution in [1.82, 2.24) is 0 Å². The van der Waals surface area contributed by atoms with Gasteiger partial charge in [0.25, 0.3) is 0 Å². The molecule has 1 saturated carbocycles. The van der Waals surface area contributed by atoms with E-state index in [1.807, 2.05) is 26.0 Å². The van der Waals surface area contributed by atoms with Crippen molar-refractivity contribution in [2.45, 2.75) is 39.2 Å². The van der Waals surface area contributed by atoms with Gasteiger partial charge < -0.3 is 10.8 Å². The Balaban J connectivity index is 2.27. The minimum Gasteiger partial charge on any atom is -0.507 e. The Labute approximate surface area is 91.1 Å². The topological polar surface area (TPSA) is 46.2 Å². The van der Waals surface area contributed by atoms with E-state index in [1.54, 1.807) is 0 Å². The third-order valence-electron chi connectivity index (χ3n) is 3.56. The first-order valence-corrected chi connectivity index (χ1v) is 5.65. The molecule has 0 amide bonds. The minimum atomic E-state index is 0.150. The fraction of sp³-hybridized carbons (Fsp3) is 0.538. The van der Waals surface area contributed by atoms with Gasteiger partial charge in [-0.15, -0.1) is 0 Å². The molecule has 1 atom stereocenters. The zero-order chi connectivity index (χ0) is 11.0. The Morgan fingerprint density at radius 3 is 2.20 bits per heavy atom. The lowest BCUT2D eigenvalue weighted by Gasteiger charge is -2.31. The Morgan fingerprint density at radius 2 is 1.80 bits per heavy atom. The number of aromatic hydroxyl groups is 1. The molecule has 3 N–H and O–H groups in total. The number of hydrogen-bond acceptors (Lipinski definition) is 2. The summed E-state index contributed by atoms with van der Waals surface area (Å²) in [5.74, 6) is 1.05.